The highest BCUT2D eigenvalue weighted by Crippen LogP contribution is 2.27. The summed E-state index contributed by atoms with van der Waals surface area (Å²) in [6.45, 7) is 13.8. The Bertz CT molecular complexity index is 508. The van der Waals surface area contributed by atoms with Gasteiger partial charge in [0.15, 0.2) is 5.05 Å². The van der Waals surface area contributed by atoms with Crippen LogP contribution in [-0.2, 0) is 11.0 Å². The molecule has 5 heteroatoms. The van der Waals surface area contributed by atoms with E-state index in [9.17, 15) is 0 Å². The number of benzene rings is 1. The molecule has 1 aromatic rings. The summed E-state index contributed by atoms with van der Waals surface area (Å²) in [5.74, 6) is 0. The SMILES string of the molecule is C[Si](C)(C)OC(=S)c1ccc(CN2CCC[Si]2(C)C)cc1. The van der Waals surface area contributed by atoms with Gasteiger partial charge in [0.2, 0.25) is 8.32 Å². The first-order valence-electron chi connectivity index (χ1n) is 7.75. The van der Waals surface area contributed by atoms with Crippen molar-refractivity contribution >= 4 is 33.8 Å². The molecule has 0 bridgehead atoms. The fraction of sp³-hybridized carbons (Fsp3) is 0.562. The van der Waals surface area contributed by atoms with E-state index in [1.54, 1.807) is 0 Å². The molecule has 2 rings (SSSR count). The molecule has 1 aliphatic rings. The molecule has 1 saturated heterocycles. The van der Waals surface area contributed by atoms with E-state index in [2.05, 4.69) is 61.6 Å². The molecule has 116 valence electrons. The molecule has 0 amide bonds. The van der Waals surface area contributed by atoms with Crippen molar-refractivity contribution in [3.8, 4) is 0 Å². The molecule has 21 heavy (non-hydrogen) atoms. The van der Waals surface area contributed by atoms with E-state index >= 15 is 0 Å². The minimum absolute atomic E-state index is 0.650. The van der Waals surface area contributed by atoms with Gasteiger partial charge in [0.1, 0.15) is 8.24 Å². The van der Waals surface area contributed by atoms with Gasteiger partial charge < -0.3 is 8.99 Å². The third-order valence-corrected chi connectivity index (χ3v) is 8.99. The average Bonchev–Trinajstić information content (AvgIpc) is 2.67. The molecule has 0 N–H and O–H groups in total. The van der Waals surface area contributed by atoms with Crippen molar-refractivity contribution in [2.45, 2.75) is 51.7 Å². The van der Waals surface area contributed by atoms with Crippen molar-refractivity contribution in [2.75, 3.05) is 6.54 Å². The zero-order chi connectivity index (χ0) is 15.7. The molecule has 0 unspecified atom stereocenters. The molecule has 0 aliphatic carbocycles. The van der Waals surface area contributed by atoms with Gasteiger partial charge in [-0.05, 0) is 56.4 Å². The summed E-state index contributed by atoms with van der Waals surface area (Å²) < 4.78 is 8.60. The number of hydrogen-bond donors (Lipinski definition) is 0. The highest BCUT2D eigenvalue weighted by molar-refractivity contribution is 7.80. The maximum Gasteiger partial charge on any atom is 0.243 e. The topological polar surface area (TPSA) is 12.5 Å². The highest BCUT2D eigenvalue weighted by atomic mass is 32.1. The lowest BCUT2D eigenvalue weighted by Crippen LogP contribution is -2.42. The number of thiocarbonyl (C=S) groups is 1. The minimum atomic E-state index is -1.61. The van der Waals surface area contributed by atoms with Crippen molar-refractivity contribution in [1.29, 1.82) is 0 Å². The van der Waals surface area contributed by atoms with Gasteiger partial charge in [-0.2, -0.15) is 0 Å². The monoisotopic (exact) mass is 337 g/mol. The van der Waals surface area contributed by atoms with Gasteiger partial charge in [0, 0.05) is 12.1 Å². The normalized spacial score (nSPS) is 18.7. The van der Waals surface area contributed by atoms with E-state index in [0.29, 0.717) is 5.05 Å². The van der Waals surface area contributed by atoms with E-state index < -0.39 is 16.6 Å². The Morgan fingerprint density at radius 2 is 1.86 bits per heavy atom. The first kappa shape index (κ1) is 16.9. The molecular formula is C16H27NOSSi2. The average molecular weight is 338 g/mol. The standard InChI is InChI=1S/C16H27NOSSi2/c1-20(2,3)18-16(19)15-9-7-14(8-10-15)13-17-11-6-12-21(17,4)5/h7-10H,6,11-13H2,1-5H3. The van der Waals surface area contributed by atoms with E-state index in [1.807, 2.05) is 0 Å². The predicted octanol–water partition coefficient (Wildman–Crippen LogP) is 4.62. The number of rotatable bonds is 4. The van der Waals surface area contributed by atoms with Crippen molar-refractivity contribution < 1.29 is 4.43 Å². The molecule has 1 heterocycles. The van der Waals surface area contributed by atoms with Crippen molar-refractivity contribution in [3.05, 3.63) is 35.4 Å². The van der Waals surface area contributed by atoms with Crippen molar-refractivity contribution in [1.82, 2.24) is 4.57 Å². The van der Waals surface area contributed by atoms with E-state index in [4.69, 9.17) is 16.6 Å². The second kappa shape index (κ2) is 6.32. The Morgan fingerprint density at radius 1 is 1.24 bits per heavy atom. The summed E-state index contributed by atoms with van der Waals surface area (Å²) in [6, 6.07) is 10.1. The fourth-order valence-corrected chi connectivity index (χ4v) is 7.03. The van der Waals surface area contributed by atoms with Crippen LogP contribution in [-0.4, -0.2) is 32.7 Å². The fourth-order valence-electron chi connectivity index (χ4n) is 2.76. The summed E-state index contributed by atoms with van der Waals surface area (Å²) in [4.78, 5) is 0. The van der Waals surface area contributed by atoms with Gasteiger partial charge in [0.25, 0.3) is 0 Å². The summed E-state index contributed by atoms with van der Waals surface area (Å²) in [7, 11) is -2.74. The Hall–Kier alpha value is -0.496. The molecule has 0 atom stereocenters. The van der Waals surface area contributed by atoms with Gasteiger partial charge in [-0.15, -0.1) is 0 Å². The Kier molecular flexibility index (Phi) is 5.08. The summed E-state index contributed by atoms with van der Waals surface area (Å²) in [6.07, 6.45) is 1.37. The summed E-state index contributed by atoms with van der Waals surface area (Å²) in [5, 5.41) is 0.650. The zero-order valence-corrected chi connectivity index (χ0v) is 16.7. The van der Waals surface area contributed by atoms with Gasteiger partial charge in [0.05, 0.1) is 0 Å². The van der Waals surface area contributed by atoms with Crippen LogP contribution in [0.5, 0.6) is 0 Å². The van der Waals surface area contributed by atoms with Crippen LogP contribution in [0.2, 0.25) is 38.8 Å². The van der Waals surface area contributed by atoms with Gasteiger partial charge in [-0.25, -0.2) is 0 Å². The highest BCUT2D eigenvalue weighted by Gasteiger charge is 2.33. The number of hydrogen-bond acceptors (Lipinski definition) is 3. The second-order valence-electron chi connectivity index (χ2n) is 7.54. The molecule has 0 spiro atoms. The van der Waals surface area contributed by atoms with Gasteiger partial charge >= 0.3 is 0 Å². The third kappa shape index (κ3) is 4.74. The molecule has 1 aliphatic heterocycles. The molecule has 0 saturated carbocycles. The number of nitrogens with zero attached hydrogens (tertiary/aromatic N) is 1. The Morgan fingerprint density at radius 3 is 2.33 bits per heavy atom. The van der Waals surface area contributed by atoms with E-state index in [-0.39, 0.29) is 0 Å². The lowest BCUT2D eigenvalue weighted by atomic mass is 10.1. The first-order chi connectivity index (χ1) is 9.67. The maximum absolute atomic E-state index is 5.90. The Balaban J connectivity index is 2.01. The smallest absolute Gasteiger partial charge is 0.243 e. The Labute approximate surface area is 136 Å². The molecule has 1 aromatic carbocycles. The van der Waals surface area contributed by atoms with Gasteiger partial charge in [-0.1, -0.05) is 37.4 Å². The lowest BCUT2D eigenvalue weighted by Gasteiger charge is -2.29. The molecule has 0 aromatic heterocycles. The third-order valence-electron chi connectivity index (χ3n) is 4.03. The van der Waals surface area contributed by atoms with Crippen LogP contribution < -0.4 is 0 Å². The van der Waals surface area contributed by atoms with Crippen LogP contribution >= 0.6 is 12.2 Å². The molecule has 1 fully saturated rings. The molecule has 0 radical (unpaired) electrons. The van der Waals surface area contributed by atoms with Crippen LogP contribution in [0.4, 0.5) is 0 Å². The quantitative estimate of drug-likeness (QED) is 0.587. The minimum Gasteiger partial charge on any atom is -0.536 e. The van der Waals surface area contributed by atoms with Crippen LogP contribution in [0.3, 0.4) is 0 Å². The summed E-state index contributed by atoms with van der Waals surface area (Å²) in [5.41, 5.74) is 2.42. The maximum atomic E-state index is 5.90. The second-order valence-corrected chi connectivity index (χ2v) is 17.1. The zero-order valence-electron chi connectivity index (χ0n) is 13.9. The van der Waals surface area contributed by atoms with Crippen LogP contribution in [0, 0.1) is 0 Å². The first-order valence-corrected chi connectivity index (χ1v) is 14.7. The van der Waals surface area contributed by atoms with Crippen LogP contribution in [0.1, 0.15) is 17.5 Å². The van der Waals surface area contributed by atoms with Crippen molar-refractivity contribution in [3.63, 3.8) is 0 Å². The molecule has 2 nitrogen and oxygen atoms in total. The van der Waals surface area contributed by atoms with Gasteiger partial charge in [-0.3, -0.25) is 0 Å². The summed E-state index contributed by atoms with van der Waals surface area (Å²) >= 11 is 5.40. The lowest BCUT2D eigenvalue weighted by molar-refractivity contribution is 0.452. The predicted molar refractivity (Wildman–Crippen MR) is 99.9 cm³/mol. The van der Waals surface area contributed by atoms with E-state index in [0.717, 1.165) is 12.1 Å². The van der Waals surface area contributed by atoms with Crippen molar-refractivity contribution in [2.24, 2.45) is 0 Å². The molecular weight excluding hydrogens is 310 g/mol. The largest absolute Gasteiger partial charge is 0.536 e. The van der Waals surface area contributed by atoms with E-state index in [1.165, 1.54) is 24.6 Å². The van der Waals surface area contributed by atoms with Crippen LogP contribution in [0.25, 0.3) is 0 Å². The van der Waals surface area contributed by atoms with Crippen LogP contribution in [0.15, 0.2) is 24.3 Å².